The number of carbonyl (C=O) groups is 2. The minimum Gasteiger partial charge on any atom is -0.368 e. The van der Waals surface area contributed by atoms with Crippen LogP contribution in [0.5, 0.6) is 0 Å². The molecule has 0 unspecified atom stereocenters. The number of hydrogen-bond acceptors (Lipinski definition) is 4. The summed E-state index contributed by atoms with van der Waals surface area (Å²) in [5, 5.41) is 2.53. The Kier molecular flexibility index (Phi) is 6.36. The maximum atomic E-state index is 13.1. The summed E-state index contributed by atoms with van der Waals surface area (Å²) < 4.78 is 19.0. The minimum atomic E-state index is -0.318. The first kappa shape index (κ1) is 19.9. The molecule has 1 atom stereocenters. The molecule has 6 nitrogen and oxygen atoms in total. The maximum Gasteiger partial charge on any atom is 0.242 e. The number of pyridine rings is 1. The highest BCUT2D eigenvalue weighted by Crippen LogP contribution is 2.23. The van der Waals surface area contributed by atoms with E-state index in [-0.39, 0.29) is 30.3 Å². The van der Waals surface area contributed by atoms with Gasteiger partial charge in [-0.15, -0.1) is 0 Å². The molecule has 0 bridgehead atoms. The number of ether oxygens (including phenoxy) is 1. The Labute approximate surface area is 163 Å². The van der Waals surface area contributed by atoms with Gasteiger partial charge in [-0.1, -0.05) is 12.1 Å². The Hall–Kier alpha value is -2.80. The van der Waals surface area contributed by atoms with Crippen molar-refractivity contribution >= 4 is 11.8 Å². The number of benzene rings is 1. The van der Waals surface area contributed by atoms with E-state index >= 15 is 0 Å². The third-order valence-electron chi connectivity index (χ3n) is 4.59. The van der Waals surface area contributed by atoms with Gasteiger partial charge in [0.15, 0.2) is 0 Å². The first-order valence-electron chi connectivity index (χ1n) is 9.26. The lowest BCUT2D eigenvalue weighted by Gasteiger charge is -2.33. The predicted octanol–water partition coefficient (Wildman–Crippen LogP) is 2.16. The Morgan fingerprint density at radius 2 is 2.00 bits per heavy atom. The summed E-state index contributed by atoms with van der Waals surface area (Å²) in [6.45, 7) is 4.58. The van der Waals surface area contributed by atoms with E-state index in [2.05, 4.69) is 10.3 Å². The molecular weight excluding hydrogens is 361 g/mol. The van der Waals surface area contributed by atoms with Crippen LogP contribution in [0.15, 0.2) is 36.4 Å². The first-order chi connectivity index (χ1) is 13.4. The number of aromatic nitrogens is 1. The zero-order valence-electron chi connectivity index (χ0n) is 16.1. The van der Waals surface area contributed by atoms with Gasteiger partial charge in [0.2, 0.25) is 11.8 Å². The van der Waals surface area contributed by atoms with Gasteiger partial charge in [0.1, 0.15) is 11.9 Å². The standard InChI is InChI=1S/C21H24FN3O3/c1-14-9-17(10-16-3-5-18(22)6-4-16)11-19(24-14)20-13-25(7-8-28-20)21(27)12-23-15(2)26/h3-6,9,11,20H,7-8,10,12-13H2,1-2H3,(H,23,26)/t20-/m1/s1. The van der Waals surface area contributed by atoms with Crippen molar-refractivity contribution in [1.82, 2.24) is 15.2 Å². The van der Waals surface area contributed by atoms with E-state index in [1.54, 1.807) is 17.0 Å². The molecule has 2 amide bonds. The summed E-state index contributed by atoms with van der Waals surface area (Å²) in [6, 6.07) is 10.4. The average Bonchev–Trinajstić information content (AvgIpc) is 2.67. The van der Waals surface area contributed by atoms with Crippen molar-refractivity contribution in [2.45, 2.75) is 26.4 Å². The van der Waals surface area contributed by atoms with E-state index < -0.39 is 0 Å². The van der Waals surface area contributed by atoms with E-state index in [0.29, 0.717) is 26.1 Å². The van der Waals surface area contributed by atoms with E-state index in [1.807, 2.05) is 19.1 Å². The predicted molar refractivity (Wildman–Crippen MR) is 102 cm³/mol. The second-order valence-corrected chi connectivity index (χ2v) is 6.95. The number of nitrogens with one attached hydrogen (secondary N) is 1. The lowest BCUT2D eigenvalue weighted by molar-refractivity contribution is -0.139. The molecule has 28 heavy (non-hydrogen) atoms. The van der Waals surface area contributed by atoms with Crippen LogP contribution in [-0.2, 0) is 20.7 Å². The van der Waals surface area contributed by atoms with Gasteiger partial charge in [0, 0.05) is 19.2 Å². The summed E-state index contributed by atoms with van der Waals surface area (Å²) >= 11 is 0. The van der Waals surface area contributed by atoms with Crippen LogP contribution in [0, 0.1) is 12.7 Å². The number of amides is 2. The lowest BCUT2D eigenvalue weighted by Crippen LogP contribution is -2.46. The topological polar surface area (TPSA) is 71.5 Å². The molecule has 2 heterocycles. The van der Waals surface area contributed by atoms with Crippen molar-refractivity contribution in [2.75, 3.05) is 26.2 Å². The smallest absolute Gasteiger partial charge is 0.242 e. The largest absolute Gasteiger partial charge is 0.368 e. The van der Waals surface area contributed by atoms with Crippen molar-refractivity contribution in [3.05, 3.63) is 64.7 Å². The van der Waals surface area contributed by atoms with Gasteiger partial charge in [-0.3, -0.25) is 14.6 Å². The molecule has 0 spiro atoms. The number of morpholine rings is 1. The van der Waals surface area contributed by atoms with Crippen LogP contribution in [0.25, 0.3) is 0 Å². The number of rotatable bonds is 5. The fourth-order valence-corrected chi connectivity index (χ4v) is 3.24. The third-order valence-corrected chi connectivity index (χ3v) is 4.59. The molecule has 2 aromatic rings. The van der Waals surface area contributed by atoms with Gasteiger partial charge in [-0.2, -0.15) is 0 Å². The summed E-state index contributed by atoms with van der Waals surface area (Å²) in [5.74, 6) is -0.624. The summed E-state index contributed by atoms with van der Waals surface area (Å²) in [5.41, 5.74) is 3.70. The zero-order chi connectivity index (χ0) is 20.1. The van der Waals surface area contributed by atoms with Crippen LogP contribution in [0.4, 0.5) is 4.39 Å². The number of hydrogen-bond donors (Lipinski definition) is 1. The highest BCUT2D eigenvalue weighted by molar-refractivity contribution is 5.83. The Morgan fingerprint density at radius 3 is 2.71 bits per heavy atom. The van der Waals surface area contributed by atoms with Crippen LogP contribution < -0.4 is 5.32 Å². The van der Waals surface area contributed by atoms with Crippen LogP contribution >= 0.6 is 0 Å². The van der Waals surface area contributed by atoms with Crippen molar-refractivity contribution in [1.29, 1.82) is 0 Å². The van der Waals surface area contributed by atoms with Gasteiger partial charge in [-0.25, -0.2) is 4.39 Å². The first-order valence-corrected chi connectivity index (χ1v) is 9.26. The van der Waals surface area contributed by atoms with Gasteiger partial charge < -0.3 is 15.0 Å². The normalized spacial score (nSPS) is 16.7. The molecule has 1 fully saturated rings. The third kappa shape index (κ3) is 5.36. The molecule has 1 aromatic carbocycles. The Bertz CT molecular complexity index is 854. The fourth-order valence-electron chi connectivity index (χ4n) is 3.24. The summed E-state index contributed by atoms with van der Waals surface area (Å²) in [6.07, 6.45) is 0.344. The van der Waals surface area contributed by atoms with Crippen molar-refractivity contribution in [3.63, 3.8) is 0 Å². The quantitative estimate of drug-likeness (QED) is 0.856. The van der Waals surface area contributed by atoms with Crippen molar-refractivity contribution < 1.29 is 18.7 Å². The van der Waals surface area contributed by atoms with E-state index in [0.717, 1.165) is 22.5 Å². The average molecular weight is 385 g/mol. The molecule has 1 saturated heterocycles. The number of aryl methyl sites for hydroxylation is 1. The molecule has 1 aliphatic heterocycles. The lowest BCUT2D eigenvalue weighted by atomic mass is 10.0. The van der Waals surface area contributed by atoms with Crippen LogP contribution in [0.3, 0.4) is 0 Å². The highest BCUT2D eigenvalue weighted by atomic mass is 19.1. The van der Waals surface area contributed by atoms with Crippen molar-refractivity contribution in [2.24, 2.45) is 0 Å². The molecule has 0 aliphatic carbocycles. The molecular formula is C21H24FN3O3. The highest BCUT2D eigenvalue weighted by Gasteiger charge is 2.26. The maximum absolute atomic E-state index is 13.1. The summed E-state index contributed by atoms with van der Waals surface area (Å²) in [4.78, 5) is 29.6. The number of halogens is 1. The minimum absolute atomic E-state index is 0.0148. The Balaban J connectivity index is 1.71. The zero-order valence-corrected chi connectivity index (χ0v) is 16.1. The SMILES string of the molecule is CC(=O)NCC(=O)N1CCO[C@@H](c2cc(Cc3ccc(F)cc3)cc(C)n2)C1. The molecule has 1 N–H and O–H groups in total. The number of carbonyl (C=O) groups excluding carboxylic acids is 2. The molecule has 7 heteroatoms. The van der Waals surface area contributed by atoms with Gasteiger partial charge in [0.25, 0.3) is 0 Å². The monoisotopic (exact) mass is 385 g/mol. The molecule has 0 saturated carbocycles. The molecule has 3 rings (SSSR count). The molecule has 1 aromatic heterocycles. The second kappa shape index (κ2) is 8.93. The van der Waals surface area contributed by atoms with Gasteiger partial charge in [-0.05, 0) is 48.7 Å². The van der Waals surface area contributed by atoms with Crippen LogP contribution in [0.1, 0.15) is 35.5 Å². The molecule has 0 radical (unpaired) electrons. The molecule has 148 valence electrons. The van der Waals surface area contributed by atoms with E-state index in [9.17, 15) is 14.0 Å². The number of nitrogens with zero attached hydrogens (tertiary/aromatic N) is 2. The van der Waals surface area contributed by atoms with Crippen molar-refractivity contribution in [3.8, 4) is 0 Å². The van der Waals surface area contributed by atoms with Crippen LogP contribution in [0.2, 0.25) is 0 Å². The fraction of sp³-hybridized carbons (Fsp3) is 0.381. The van der Waals surface area contributed by atoms with E-state index in [1.165, 1.54) is 19.1 Å². The van der Waals surface area contributed by atoms with Gasteiger partial charge in [0.05, 0.1) is 25.4 Å². The van der Waals surface area contributed by atoms with Gasteiger partial charge >= 0.3 is 0 Å². The second-order valence-electron chi connectivity index (χ2n) is 6.95. The summed E-state index contributed by atoms with van der Waals surface area (Å²) in [7, 11) is 0. The Morgan fingerprint density at radius 1 is 1.25 bits per heavy atom. The molecule has 1 aliphatic rings. The van der Waals surface area contributed by atoms with Crippen LogP contribution in [-0.4, -0.2) is 47.9 Å². The van der Waals surface area contributed by atoms with E-state index in [4.69, 9.17) is 4.74 Å².